The van der Waals surface area contributed by atoms with Gasteiger partial charge in [0.15, 0.2) is 0 Å². The number of anilines is 1. The van der Waals surface area contributed by atoms with E-state index in [1.54, 1.807) is 0 Å². The molecule has 1 aliphatic rings. The summed E-state index contributed by atoms with van der Waals surface area (Å²) in [6.45, 7) is 12.4. The molecule has 118 valence electrons. The molecule has 0 saturated carbocycles. The Labute approximate surface area is 130 Å². The average molecular weight is 289 g/mol. The van der Waals surface area contributed by atoms with Crippen molar-refractivity contribution in [1.29, 1.82) is 0 Å². The molecule has 0 spiro atoms. The highest BCUT2D eigenvalue weighted by Gasteiger charge is 2.20. The van der Waals surface area contributed by atoms with Gasteiger partial charge < -0.3 is 10.2 Å². The SMILES string of the molecule is CCNC(C)c1ccnc(N2CCCC(C(C)C)CC2)c1. The number of hydrogen-bond acceptors (Lipinski definition) is 3. The van der Waals surface area contributed by atoms with Crippen LogP contribution in [0, 0.1) is 11.8 Å². The first-order valence-electron chi connectivity index (χ1n) is 8.56. The van der Waals surface area contributed by atoms with Gasteiger partial charge in [-0.2, -0.15) is 0 Å². The second kappa shape index (κ2) is 7.79. The van der Waals surface area contributed by atoms with Crippen molar-refractivity contribution < 1.29 is 0 Å². The Bertz CT molecular complexity index is 430. The molecule has 1 aromatic rings. The fourth-order valence-electron chi connectivity index (χ4n) is 3.32. The van der Waals surface area contributed by atoms with Gasteiger partial charge in [0.2, 0.25) is 0 Å². The van der Waals surface area contributed by atoms with E-state index in [-0.39, 0.29) is 0 Å². The topological polar surface area (TPSA) is 28.2 Å². The van der Waals surface area contributed by atoms with Crippen molar-refractivity contribution in [1.82, 2.24) is 10.3 Å². The van der Waals surface area contributed by atoms with Gasteiger partial charge in [-0.15, -0.1) is 0 Å². The van der Waals surface area contributed by atoms with Crippen molar-refractivity contribution in [3.8, 4) is 0 Å². The number of nitrogens with zero attached hydrogens (tertiary/aromatic N) is 2. The minimum absolute atomic E-state index is 0.396. The van der Waals surface area contributed by atoms with Crippen LogP contribution in [0.5, 0.6) is 0 Å². The van der Waals surface area contributed by atoms with E-state index >= 15 is 0 Å². The molecule has 1 N–H and O–H groups in total. The fraction of sp³-hybridized carbons (Fsp3) is 0.722. The fourth-order valence-corrected chi connectivity index (χ4v) is 3.32. The summed E-state index contributed by atoms with van der Waals surface area (Å²) in [7, 11) is 0. The molecule has 1 aliphatic heterocycles. The Morgan fingerprint density at radius 2 is 2.10 bits per heavy atom. The number of aromatic nitrogens is 1. The highest BCUT2D eigenvalue weighted by molar-refractivity contribution is 5.42. The second-order valence-corrected chi connectivity index (χ2v) is 6.65. The van der Waals surface area contributed by atoms with Gasteiger partial charge in [-0.05, 0) is 62.3 Å². The largest absolute Gasteiger partial charge is 0.357 e. The van der Waals surface area contributed by atoms with Crippen LogP contribution in [0.25, 0.3) is 0 Å². The van der Waals surface area contributed by atoms with Crippen LogP contribution >= 0.6 is 0 Å². The summed E-state index contributed by atoms with van der Waals surface area (Å²) in [5.41, 5.74) is 1.34. The highest BCUT2D eigenvalue weighted by Crippen LogP contribution is 2.27. The second-order valence-electron chi connectivity index (χ2n) is 6.65. The molecule has 1 fully saturated rings. The molecular weight excluding hydrogens is 258 g/mol. The van der Waals surface area contributed by atoms with E-state index in [0.717, 1.165) is 37.3 Å². The summed E-state index contributed by atoms with van der Waals surface area (Å²) in [6.07, 6.45) is 5.91. The summed E-state index contributed by atoms with van der Waals surface area (Å²) >= 11 is 0. The Kier molecular flexibility index (Phi) is 6.04. The summed E-state index contributed by atoms with van der Waals surface area (Å²) < 4.78 is 0. The molecule has 0 bridgehead atoms. The molecule has 2 unspecified atom stereocenters. The van der Waals surface area contributed by atoms with Crippen molar-refractivity contribution >= 4 is 5.82 Å². The Morgan fingerprint density at radius 1 is 1.29 bits per heavy atom. The van der Waals surface area contributed by atoms with E-state index < -0.39 is 0 Å². The lowest BCUT2D eigenvalue weighted by Gasteiger charge is -2.24. The number of nitrogens with one attached hydrogen (secondary N) is 1. The molecule has 0 aromatic carbocycles. The van der Waals surface area contributed by atoms with Gasteiger partial charge in [0.25, 0.3) is 0 Å². The number of pyridine rings is 1. The normalized spacial score (nSPS) is 21.4. The van der Waals surface area contributed by atoms with Crippen LogP contribution in [0.3, 0.4) is 0 Å². The lowest BCUT2D eigenvalue weighted by atomic mass is 9.89. The van der Waals surface area contributed by atoms with Gasteiger partial charge in [-0.1, -0.05) is 20.8 Å². The monoisotopic (exact) mass is 289 g/mol. The number of hydrogen-bond donors (Lipinski definition) is 1. The summed E-state index contributed by atoms with van der Waals surface area (Å²) in [6, 6.07) is 4.79. The smallest absolute Gasteiger partial charge is 0.128 e. The van der Waals surface area contributed by atoms with Crippen LogP contribution in [-0.4, -0.2) is 24.6 Å². The van der Waals surface area contributed by atoms with Crippen molar-refractivity contribution in [3.63, 3.8) is 0 Å². The molecule has 2 rings (SSSR count). The minimum Gasteiger partial charge on any atom is -0.357 e. The Morgan fingerprint density at radius 3 is 2.81 bits per heavy atom. The van der Waals surface area contributed by atoms with Crippen LogP contribution < -0.4 is 10.2 Å². The van der Waals surface area contributed by atoms with Crippen molar-refractivity contribution in [2.24, 2.45) is 11.8 Å². The van der Waals surface area contributed by atoms with Crippen LogP contribution in [0.4, 0.5) is 5.82 Å². The van der Waals surface area contributed by atoms with Gasteiger partial charge in [0, 0.05) is 25.3 Å². The maximum Gasteiger partial charge on any atom is 0.128 e. The average Bonchev–Trinajstić information content (AvgIpc) is 2.73. The van der Waals surface area contributed by atoms with Crippen LogP contribution in [0.15, 0.2) is 18.3 Å². The zero-order chi connectivity index (χ0) is 15.2. The van der Waals surface area contributed by atoms with Gasteiger partial charge in [0.1, 0.15) is 5.82 Å². The highest BCUT2D eigenvalue weighted by atomic mass is 15.2. The van der Waals surface area contributed by atoms with Gasteiger partial charge in [-0.3, -0.25) is 0 Å². The maximum atomic E-state index is 4.62. The van der Waals surface area contributed by atoms with Gasteiger partial charge in [-0.25, -0.2) is 4.98 Å². The third-order valence-corrected chi connectivity index (χ3v) is 4.82. The molecule has 1 aromatic heterocycles. The Balaban J connectivity index is 2.06. The van der Waals surface area contributed by atoms with E-state index in [4.69, 9.17) is 0 Å². The van der Waals surface area contributed by atoms with Crippen LogP contribution in [0.1, 0.15) is 58.6 Å². The first-order chi connectivity index (χ1) is 10.1. The Hall–Kier alpha value is -1.09. The minimum atomic E-state index is 0.396. The molecule has 1 saturated heterocycles. The van der Waals surface area contributed by atoms with Gasteiger partial charge in [0.05, 0.1) is 0 Å². The first kappa shape index (κ1) is 16.3. The molecule has 3 nitrogen and oxygen atoms in total. The standard InChI is InChI=1S/C18H31N3/c1-5-19-15(4)17-8-10-20-18(13-17)21-11-6-7-16(9-12-21)14(2)3/h8,10,13-16,19H,5-7,9,11-12H2,1-4H3. The van der Waals surface area contributed by atoms with E-state index in [0.29, 0.717) is 6.04 Å². The lowest BCUT2D eigenvalue weighted by molar-refractivity contribution is 0.351. The summed E-state index contributed by atoms with van der Waals surface area (Å²) in [4.78, 5) is 7.09. The molecule has 0 amide bonds. The molecule has 2 heterocycles. The number of rotatable bonds is 5. The zero-order valence-electron chi connectivity index (χ0n) is 14.1. The van der Waals surface area contributed by atoms with Crippen molar-refractivity contribution in [2.75, 3.05) is 24.5 Å². The van der Waals surface area contributed by atoms with E-state index in [1.807, 2.05) is 6.20 Å². The molecule has 2 atom stereocenters. The summed E-state index contributed by atoms with van der Waals surface area (Å²) in [5, 5.41) is 3.48. The van der Waals surface area contributed by atoms with Crippen LogP contribution in [0.2, 0.25) is 0 Å². The predicted octanol–water partition coefficient (Wildman–Crippen LogP) is 4.01. The van der Waals surface area contributed by atoms with E-state index in [2.05, 4.69) is 55.0 Å². The summed E-state index contributed by atoms with van der Waals surface area (Å²) in [5.74, 6) is 2.83. The molecule has 21 heavy (non-hydrogen) atoms. The van der Waals surface area contributed by atoms with E-state index in [9.17, 15) is 0 Å². The van der Waals surface area contributed by atoms with Crippen LogP contribution in [-0.2, 0) is 0 Å². The molecule has 0 radical (unpaired) electrons. The quantitative estimate of drug-likeness (QED) is 0.887. The molecule has 0 aliphatic carbocycles. The third kappa shape index (κ3) is 4.44. The molecular formula is C18H31N3. The van der Waals surface area contributed by atoms with Crippen molar-refractivity contribution in [2.45, 2.75) is 53.0 Å². The molecule has 3 heteroatoms. The van der Waals surface area contributed by atoms with Crippen molar-refractivity contribution in [3.05, 3.63) is 23.9 Å². The van der Waals surface area contributed by atoms with E-state index in [1.165, 1.54) is 24.8 Å². The lowest BCUT2D eigenvalue weighted by Crippen LogP contribution is -2.26. The maximum absolute atomic E-state index is 4.62. The van der Waals surface area contributed by atoms with Gasteiger partial charge >= 0.3 is 0 Å². The first-order valence-corrected chi connectivity index (χ1v) is 8.56. The zero-order valence-corrected chi connectivity index (χ0v) is 14.1. The third-order valence-electron chi connectivity index (χ3n) is 4.82. The predicted molar refractivity (Wildman–Crippen MR) is 90.7 cm³/mol.